The highest BCUT2D eigenvalue weighted by atomic mass is 16.5. The van der Waals surface area contributed by atoms with Gasteiger partial charge < -0.3 is 20.3 Å². The van der Waals surface area contributed by atoms with Crippen molar-refractivity contribution in [2.24, 2.45) is 11.8 Å². The predicted octanol–water partition coefficient (Wildman–Crippen LogP) is 1.64. The zero-order valence-corrected chi connectivity index (χ0v) is 16.9. The van der Waals surface area contributed by atoms with Gasteiger partial charge in [-0.05, 0) is 42.0 Å². The minimum atomic E-state index is -0.781. The Morgan fingerprint density at radius 2 is 1.94 bits per heavy atom. The molecule has 2 N–H and O–H groups in total. The number of carbonyl (C=O) groups excluding carboxylic acids is 3. The Morgan fingerprint density at radius 3 is 2.65 bits per heavy atom. The maximum absolute atomic E-state index is 13.4. The van der Waals surface area contributed by atoms with Crippen LogP contribution in [0.15, 0.2) is 60.9 Å². The highest BCUT2D eigenvalue weighted by molar-refractivity contribution is 6.03. The van der Waals surface area contributed by atoms with E-state index in [1.807, 2.05) is 24.3 Å². The van der Waals surface area contributed by atoms with Crippen molar-refractivity contribution < 1.29 is 19.1 Å². The number of nitrogens with zero attached hydrogens (tertiary/aromatic N) is 2. The molecule has 4 atom stereocenters. The van der Waals surface area contributed by atoms with Crippen LogP contribution in [0.2, 0.25) is 0 Å². The number of carbonyl (C=O) groups is 3. The fourth-order valence-electron chi connectivity index (χ4n) is 4.75. The molecule has 3 aliphatic rings. The molecular weight excluding hydrogens is 396 g/mol. The van der Waals surface area contributed by atoms with Crippen molar-refractivity contribution in [1.82, 2.24) is 10.3 Å². The van der Waals surface area contributed by atoms with Crippen molar-refractivity contribution in [2.45, 2.75) is 25.2 Å². The average Bonchev–Trinajstić information content (AvgIpc) is 3.41. The van der Waals surface area contributed by atoms with E-state index in [1.165, 1.54) is 6.92 Å². The van der Waals surface area contributed by atoms with Crippen LogP contribution in [0.1, 0.15) is 12.5 Å². The third-order valence-electron chi connectivity index (χ3n) is 6.12. The maximum atomic E-state index is 13.4. The first-order chi connectivity index (χ1) is 15.0. The predicted molar refractivity (Wildman–Crippen MR) is 113 cm³/mol. The van der Waals surface area contributed by atoms with E-state index in [-0.39, 0.29) is 17.7 Å². The first kappa shape index (κ1) is 19.4. The number of fused-ring (bicyclic) bond motifs is 1. The van der Waals surface area contributed by atoms with Gasteiger partial charge in [-0.25, -0.2) is 0 Å². The van der Waals surface area contributed by atoms with Crippen LogP contribution in [0, 0.1) is 11.8 Å². The second-order valence-corrected chi connectivity index (χ2v) is 8.13. The Balaban J connectivity index is 1.34. The number of nitrogens with one attached hydrogen (secondary N) is 2. The third kappa shape index (κ3) is 3.29. The van der Waals surface area contributed by atoms with Gasteiger partial charge in [0.05, 0.1) is 24.5 Å². The lowest BCUT2D eigenvalue weighted by molar-refractivity contribution is -0.132. The highest BCUT2D eigenvalue weighted by Crippen LogP contribution is 2.52. The normalized spacial score (nSPS) is 28.0. The van der Waals surface area contributed by atoms with E-state index in [4.69, 9.17) is 4.74 Å². The molecule has 2 aromatic rings. The molecule has 158 valence electrons. The van der Waals surface area contributed by atoms with Gasteiger partial charge in [0, 0.05) is 37.2 Å². The summed E-state index contributed by atoms with van der Waals surface area (Å²) in [6.45, 7) is 2.17. The standard InChI is InChI=1S/C23H22N4O4/c1-14(28)26-16-2-4-17(5-3-16)27-13-23-9-6-18(31-23)19(20(23)22(27)30)21(29)25-12-15-7-10-24-11-8-15/h2-11,18-20H,12-13H2,1H3,(H,25,29)(H,26,28). The van der Waals surface area contributed by atoms with Crippen molar-refractivity contribution >= 4 is 29.1 Å². The van der Waals surface area contributed by atoms with E-state index in [9.17, 15) is 14.4 Å². The number of pyridine rings is 1. The molecular formula is C23H22N4O4. The van der Waals surface area contributed by atoms with Gasteiger partial charge in [-0.3, -0.25) is 19.4 Å². The fraction of sp³-hybridized carbons (Fsp3) is 0.304. The van der Waals surface area contributed by atoms with Gasteiger partial charge >= 0.3 is 0 Å². The minimum Gasteiger partial charge on any atom is -0.360 e. The van der Waals surface area contributed by atoms with Crippen molar-refractivity contribution in [3.05, 3.63) is 66.5 Å². The van der Waals surface area contributed by atoms with Crippen LogP contribution < -0.4 is 15.5 Å². The number of benzene rings is 1. The number of anilines is 2. The Kier molecular flexibility index (Phi) is 4.59. The van der Waals surface area contributed by atoms with Crippen LogP contribution in [0.5, 0.6) is 0 Å². The van der Waals surface area contributed by atoms with Crippen LogP contribution in [-0.4, -0.2) is 41.0 Å². The largest absolute Gasteiger partial charge is 0.360 e. The van der Waals surface area contributed by atoms with E-state index in [0.717, 1.165) is 5.56 Å². The SMILES string of the molecule is CC(=O)Nc1ccc(N2CC34C=CC(O3)C(C(=O)NCc3ccncc3)C4C2=O)cc1. The zero-order chi connectivity index (χ0) is 21.6. The summed E-state index contributed by atoms with van der Waals surface area (Å²) in [5, 5.41) is 5.66. The van der Waals surface area contributed by atoms with Crippen LogP contribution in [-0.2, 0) is 25.7 Å². The Bertz CT molecular complexity index is 1070. The summed E-state index contributed by atoms with van der Waals surface area (Å²) in [5.74, 6) is -1.59. The molecule has 3 amide bonds. The van der Waals surface area contributed by atoms with Crippen molar-refractivity contribution in [2.75, 3.05) is 16.8 Å². The molecule has 2 bridgehead atoms. The first-order valence-electron chi connectivity index (χ1n) is 10.2. The monoisotopic (exact) mass is 418 g/mol. The van der Waals surface area contributed by atoms with Crippen LogP contribution >= 0.6 is 0 Å². The summed E-state index contributed by atoms with van der Waals surface area (Å²) in [7, 11) is 0. The number of ether oxygens (including phenoxy) is 1. The summed E-state index contributed by atoms with van der Waals surface area (Å²) in [6.07, 6.45) is 6.78. The summed E-state index contributed by atoms with van der Waals surface area (Å²) in [5.41, 5.74) is 1.53. The molecule has 3 aliphatic heterocycles. The minimum absolute atomic E-state index is 0.122. The molecule has 2 saturated heterocycles. The number of hydrogen-bond acceptors (Lipinski definition) is 5. The maximum Gasteiger partial charge on any atom is 0.234 e. The number of hydrogen-bond donors (Lipinski definition) is 2. The molecule has 0 saturated carbocycles. The molecule has 1 aromatic carbocycles. The Morgan fingerprint density at radius 1 is 1.19 bits per heavy atom. The number of amides is 3. The smallest absolute Gasteiger partial charge is 0.234 e. The molecule has 0 radical (unpaired) electrons. The van der Waals surface area contributed by atoms with Crippen molar-refractivity contribution in [3.8, 4) is 0 Å². The van der Waals surface area contributed by atoms with Gasteiger partial charge in [0.25, 0.3) is 0 Å². The highest BCUT2D eigenvalue weighted by Gasteiger charge is 2.67. The first-order valence-corrected chi connectivity index (χ1v) is 10.2. The Hall–Kier alpha value is -3.52. The molecule has 31 heavy (non-hydrogen) atoms. The Labute approximate surface area is 179 Å². The molecule has 5 rings (SSSR count). The topological polar surface area (TPSA) is 101 Å². The van der Waals surface area contributed by atoms with Crippen molar-refractivity contribution in [3.63, 3.8) is 0 Å². The zero-order valence-electron chi connectivity index (χ0n) is 16.9. The molecule has 4 unspecified atom stereocenters. The quantitative estimate of drug-likeness (QED) is 0.719. The lowest BCUT2D eigenvalue weighted by Gasteiger charge is -2.23. The van der Waals surface area contributed by atoms with Gasteiger partial charge in [-0.1, -0.05) is 12.2 Å². The van der Waals surface area contributed by atoms with Crippen LogP contribution in [0.25, 0.3) is 0 Å². The van der Waals surface area contributed by atoms with Gasteiger partial charge in [0.1, 0.15) is 5.60 Å². The molecule has 8 nitrogen and oxygen atoms in total. The summed E-state index contributed by atoms with van der Waals surface area (Å²) >= 11 is 0. The molecule has 4 heterocycles. The van der Waals surface area contributed by atoms with E-state index in [2.05, 4.69) is 15.6 Å². The lowest BCUT2D eigenvalue weighted by atomic mass is 9.77. The van der Waals surface area contributed by atoms with Gasteiger partial charge in [-0.2, -0.15) is 0 Å². The second-order valence-electron chi connectivity index (χ2n) is 8.13. The van der Waals surface area contributed by atoms with Crippen molar-refractivity contribution in [1.29, 1.82) is 0 Å². The summed E-state index contributed by atoms with van der Waals surface area (Å²) < 4.78 is 6.17. The molecule has 1 spiro atoms. The summed E-state index contributed by atoms with van der Waals surface area (Å²) in [6, 6.07) is 10.8. The van der Waals surface area contributed by atoms with Gasteiger partial charge in [0.2, 0.25) is 17.7 Å². The van der Waals surface area contributed by atoms with Crippen LogP contribution in [0.3, 0.4) is 0 Å². The van der Waals surface area contributed by atoms with Gasteiger partial charge in [-0.15, -0.1) is 0 Å². The number of rotatable bonds is 5. The van der Waals surface area contributed by atoms with Gasteiger partial charge in [0.15, 0.2) is 0 Å². The molecule has 8 heteroatoms. The molecule has 2 fully saturated rings. The molecule has 0 aliphatic carbocycles. The number of aromatic nitrogens is 1. The van der Waals surface area contributed by atoms with E-state index in [0.29, 0.717) is 24.5 Å². The van der Waals surface area contributed by atoms with Crippen LogP contribution in [0.4, 0.5) is 11.4 Å². The van der Waals surface area contributed by atoms with E-state index < -0.39 is 23.5 Å². The third-order valence-corrected chi connectivity index (χ3v) is 6.12. The van der Waals surface area contributed by atoms with E-state index in [1.54, 1.807) is 41.6 Å². The summed E-state index contributed by atoms with van der Waals surface area (Å²) in [4.78, 5) is 43.3. The van der Waals surface area contributed by atoms with E-state index >= 15 is 0 Å². The molecule has 1 aromatic heterocycles. The average molecular weight is 418 g/mol. The lowest BCUT2D eigenvalue weighted by Crippen LogP contribution is -2.43. The second kappa shape index (κ2) is 7.31. The fourth-order valence-corrected chi connectivity index (χ4v) is 4.75.